The van der Waals surface area contributed by atoms with Crippen molar-refractivity contribution in [2.45, 2.75) is 77.0 Å². The third-order valence-corrected chi connectivity index (χ3v) is 8.24. The summed E-state index contributed by atoms with van der Waals surface area (Å²) in [6.07, 6.45) is 6.82. The number of likely N-dealkylation sites (tertiary alicyclic amines) is 1. The monoisotopic (exact) mass is 521 g/mol. The Morgan fingerprint density at radius 2 is 1.92 bits per heavy atom. The van der Waals surface area contributed by atoms with Crippen molar-refractivity contribution in [3.8, 4) is 0 Å². The largest absolute Gasteiger partial charge is 0.330 e. The van der Waals surface area contributed by atoms with Gasteiger partial charge in [0.15, 0.2) is 0 Å². The summed E-state index contributed by atoms with van der Waals surface area (Å²) < 4.78 is 16.2. The van der Waals surface area contributed by atoms with E-state index in [4.69, 9.17) is 5.10 Å². The second-order valence-corrected chi connectivity index (χ2v) is 10.9. The summed E-state index contributed by atoms with van der Waals surface area (Å²) in [7, 11) is 0. The first kappa shape index (κ1) is 24.7. The fourth-order valence-electron chi connectivity index (χ4n) is 5.87. The molecule has 5 heterocycles. The van der Waals surface area contributed by atoms with E-state index in [1.165, 1.54) is 35.9 Å². The molecule has 1 saturated heterocycles. The van der Waals surface area contributed by atoms with Gasteiger partial charge in [0.25, 0.3) is 11.5 Å². The maximum Gasteiger partial charge on any atom is 0.280 e. The van der Waals surface area contributed by atoms with Gasteiger partial charge in [-0.3, -0.25) is 14.4 Å². The summed E-state index contributed by atoms with van der Waals surface area (Å²) in [5.74, 6) is -0.808. The Balaban J connectivity index is 1.35. The average Bonchev–Trinajstić information content (AvgIpc) is 3.45. The van der Waals surface area contributed by atoms with Crippen molar-refractivity contribution in [1.82, 2.24) is 29.0 Å². The molecule has 0 atom stereocenters. The predicted molar refractivity (Wildman–Crippen MR) is 138 cm³/mol. The predicted octanol–water partition coefficient (Wildman–Crippen LogP) is 2.76. The first-order valence-corrected chi connectivity index (χ1v) is 13.4. The van der Waals surface area contributed by atoms with Gasteiger partial charge in [-0.15, -0.1) is 0 Å². The third kappa shape index (κ3) is 4.28. The van der Waals surface area contributed by atoms with E-state index in [9.17, 15) is 18.8 Å². The Morgan fingerprint density at radius 3 is 2.55 bits per heavy atom. The number of nitrogens with one attached hydrogen (secondary N) is 1. The van der Waals surface area contributed by atoms with Crippen LogP contribution in [0.2, 0.25) is 0 Å². The van der Waals surface area contributed by atoms with Crippen molar-refractivity contribution in [1.29, 1.82) is 0 Å². The van der Waals surface area contributed by atoms with E-state index >= 15 is 0 Å². The summed E-state index contributed by atoms with van der Waals surface area (Å²) in [6, 6.07) is 5.04. The summed E-state index contributed by atoms with van der Waals surface area (Å²) in [6.45, 7) is 5.78. The molecule has 3 aromatic heterocycles. The lowest BCUT2D eigenvalue weighted by molar-refractivity contribution is -0.116. The molecule has 2 fully saturated rings. The van der Waals surface area contributed by atoms with Crippen LogP contribution in [-0.2, 0) is 17.9 Å². The van der Waals surface area contributed by atoms with Crippen molar-refractivity contribution < 1.29 is 14.0 Å². The van der Waals surface area contributed by atoms with E-state index in [-0.39, 0.29) is 48.0 Å². The highest BCUT2D eigenvalue weighted by molar-refractivity contribution is 5.98. The summed E-state index contributed by atoms with van der Waals surface area (Å²) in [5, 5.41) is 7.38. The van der Waals surface area contributed by atoms with Crippen LogP contribution in [0.3, 0.4) is 0 Å². The first-order chi connectivity index (χ1) is 18.3. The van der Waals surface area contributed by atoms with Gasteiger partial charge in [-0.05, 0) is 64.8 Å². The van der Waals surface area contributed by atoms with E-state index in [1.807, 2.05) is 19.9 Å². The van der Waals surface area contributed by atoms with Gasteiger partial charge < -0.3 is 19.7 Å². The molecule has 200 valence electrons. The second-order valence-electron chi connectivity index (χ2n) is 10.9. The minimum absolute atomic E-state index is 0.108. The van der Waals surface area contributed by atoms with Gasteiger partial charge in [0.05, 0.1) is 24.0 Å². The molecule has 1 N–H and O–H groups in total. The summed E-state index contributed by atoms with van der Waals surface area (Å²) in [5.41, 5.74) is 1.50. The zero-order valence-electron chi connectivity index (χ0n) is 21.7. The SMILES string of the molecule is CC(C)N1Cc2c(n(CC(=O)Nc3ccc(F)cn3)c3cc(C4CCN(C5CCC5)CC4)nn3c2=O)C1=O. The number of hydrogen-bond acceptors (Lipinski definition) is 6. The van der Waals surface area contributed by atoms with Crippen molar-refractivity contribution in [2.24, 2.45) is 0 Å². The number of carbonyl (C=O) groups excluding carboxylic acids is 2. The molecule has 1 aliphatic carbocycles. The number of halogens is 1. The molecule has 0 spiro atoms. The minimum atomic E-state index is -0.507. The number of amides is 2. The lowest BCUT2D eigenvalue weighted by Gasteiger charge is -2.41. The quantitative estimate of drug-likeness (QED) is 0.535. The molecule has 11 heteroatoms. The van der Waals surface area contributed by atoms with E-state index < -0.39 is 11.7 Å². The molecular weight excluding hydrogens is 489 g/mol. The number of nitrogens with zero attached hydrogens (tertiary/aromatic N) is 6. The molecule has 2 amide bonds. The van der Waals surface area contributed by atoms with Gasteiger partial charge in [0, 0.05) is 24.1 Å². The van der Waals surface area contributed by atoms with Crippen LogP contribution in [0.25, 0.3) is 5.65 Å². The second kappa shape index (κ2) is 9.61. The Hall–Kier alpha value is -3.60. The number of rotatable bonds is 6. The van der Waals surface area contributed by atoms with Gasteiger partial charge >= 0.3 is 0 Å². The lowest BCUT2D eigenvalue weighted by atomic mass is 9.87. The average molecular weight is 522 g/mol. The number of piperidine rings is 1. The molecule has 10 nitrogen and oxygen atoms in total. The molecule has 3 aromatic rings. The molecule has 38 heavy (non-hydrogen) atoms. The Morgan fingerprint density at radius 1 is 1.16 bits per heavy atom. The number of fused-ring (bicyclic) bond motifs is 2. The fourth-order valence-corrected chi connectivity index (χ4v) is 5.87. The van der Waals surface area contributed by atoms with Gasteiger partial charge in [-0.2, -0.15) is 9.61 Å². The van der Waals surface area contributed by atoms with Crippen molar-refractivity contribution >= 4 is 23.3 Å². The maximum absolute atomic E-state index is 13.5. The van der Waals surface area contributed by atoms with Gasteiger partial charge in [0.1, 0.15) is 29.5 Å². The Labute approximate surface area is 219 Å². The normalized spacial score (nSPS) is 18.8. The Bertz CT molecular complexity index is 1450. The van der Waals surface area contributed by atoms with Crippen molar-refractivity contribution in [3.63, 3.8) is 0 Å². The van der Waals surface area contributed by atoms with Crippen molar-refractivity contribution in [3.05, 3.63) is 57.5 Å². The van der Waals surface area contributed by atoms with Gasteiger partial charge in [0.2, 0.25) is 5.91 Å². The highest BCUT2D eigenvalue weighted by Gasteiger charge is 2.37. The molecule has 6 rings (SSSR count). The number of carbonyl (C=O) groups is 2. The molecule has 3 aliphatic rings. The number of aromatic nitrogens is 4. The highest BCUT2D eigenvalue weighted by Crippen LogP contribution is 2.33. The zero-order chi connectivity index (χ0) is 26.6. The number of pyridine rings is 1. The van der Waals surface area contributed by atoms with Crippen LogP contribution in [0.4, 0.5) is 10.2 Å². The first-order valence-electron chi connectivity index (χ1n) is 13.4. The number of hydrogen-bond donors (Lipinski definition) is 1. The fraction of sp³-hybridized carbons (Fsp3) is 0.519. The third-order valence-electron chi connectivity index (χ3n) is 8.24. The highest BCUT2D eigenvalue weighted by atomic mass is 19.1. The van der Waals surface area contributed by atoms with E-state index in [2.05, 4.69) is 15.2 Å². The maximum atomic E-state index is 13.5. The summed E-state index contributed by atoms with van der Waals surface area (Å²) in [4.78, 5) is 48.1. The van der Waals surface area contributed by atoms with Crippen LogP contribution in [-0.4, -0.2) is 66.0 Å². The molecule has 0 unspecified atom stereocenters. The lowest BCUT2D eigenvalue weighted by Crippen LogP contribution is -2.44. The van der Waals surface area contributed by atoms with Crippen LogP contribution >= 0.6 is 0 Å². The van der Waals surface area contributed by atoms with Crippen LogP contribution in [0.1, 0.15) is 73.6 Å². The van der Waals surface area contributed by atoms with Gasteiger partial charge in [-0.1, -0.05) is 6.42 Å². The molecule has 2 aliphatic heterocycles. The smallest absolute Gasteiger partial charge is 0.280 e. The van der Waals surface area contributed by atoms with E-state index in [0.29, 0.717) is 17.3 Å². The molecular formula is C27H32FN7O3. The van der Waals surface area contributed by atoms with Crippen LogP contribution in [0, 0.1) is 5.82 Å². The van der Waals surface area contributed by atoms with Crippen LogP contribution in [0.15, 0.2) is 29.2 Å². The topological polar surface area (TPSA) is 105 Å². The van der Waals surface area contributed by atoms with E-state index in [1.54, 1.807) is 9.47 Å². The molecule has 0 radical (unpaired) electrons. The molecule has 0 aromatic carbocycles. The number of anilines is 1. The molecule has 0 bridgehead atoms. The van der Waals surface area contributed by atoms with Gasteiger partial charge in [-0.25, -0.2) is 9.37 Å². The Kier molecular flexibility index (Phi) is 6.25. The standard InChI is InChI=1S/C27H32FN7O3/c1-16(2)33-14-20-25(27(33)38)34(15-23(36)30-22-7-6-18(28)13-29-22)24-12-21(31-35(24)26(20)37)17-8-10-32(11-9-17)19-4-3-5-19/h6-7,12-13,16-17,19H,3-5,8-11,14-15H2,1-2H3,(H,29,30,36). The molecule has 1 saturated carbocycles. The van der Waals surface area contributed by atoms with Crippen LogP contribution in [0.5, 0.6) is 0 Å². The van der Waals surface area contributed by atoms with Crippen molar-refractivity contribution in [2.75, 3.05) is 18.4 Å². The minimum Gasteiger partial charge on any atom is -0.330 e. The van der Waals surface area contributed by atoms with E-state index in [0.717, 1.165) is 37.8 Å². The van der Waals surface area contributed by atoms with Crippen LogP contribution < -0.4 is 10.9 Å². The summed E-state index contributed by atoms with van der Waals surface area (Å²) >= 11 is 0. The zero-order valence-corrected chi connectivity index (χ0v) is 21.7.